The molecule has 5 heteroatoms. The van der Waals surface area contributed by atoms with Crippen LogP contribution < -0.4 is 10.4 Å². The standard InChI is InChI=1S/C32H42O4Si/c1-25(22-35-24-27-15-9-6-10-16-27)30(33)21-31(34)26(2)23-36-37(32(3,4)5,28-17-11-7-12-18-28)29-19-13-8-14-20-29/h6-20,25-26,31,34H,21-24H2,1-5H3/t25-,26-,31+/m0/s1. The van der Waals surface area contributed by atoms with Crippen LogP contribution in [0.3, 0.4) is 0 Å². The Balaban J connectivity index is 1.65. The summed E-state index contributed by atoms with van der Waals surface area (Å²) < 4.78 is 12.7. The molecule has 0 aliphatic rings. The van der Waals surface area contributed by atoms with Gasteiger partial charge >= 0.3 is 0 Å². The van der Waals surface area contributed by atoms with Crippen LogP contribution in [0.1, 0.15) is 46.6 Å². The number of carbonyl (C=O) groups excluding carboxylic acids is 1. The topological polar surface area (TPSA) is 55.8 Å². The maximum absolute atomic E-state index is 12.8. The van der Waals surface area contributed by atoms with Crippen LogP contribution in [0, 0.1) is 11.8 Å². The van der Waals surface area contributed by atoms with Gasteiger partial charge in [0.2, 0.25) is 0 Å². The van der Waals surface area contributed by atoms with Gasteiger partial charge in [0.25, 0.3) is 8.32 Å². The van der Waals surface area contributed by atoms with Crippen LogP contribution in [-0.2, 0) is 20.6 Å². The van der Waals surface area contributed by atoms with Crippen LogP contribution in [0.5, 0.6) is 0 Å². The summed E-state index contributed by atoms with van der Waals surface area (Å²) in [5.74, 6) is -0.455. The van der Waals surface area contributed by atoms with Crippen LogP contribution in [0.2, 0.25) is 5.04 Å². The number of hydrogen-bond acceptors (Lipinski definition) is 4. The van der Waals surface area contributed by atoms with Gasteiger partial charge in [-0.05, 0) is 21.0 Å². The lowest BCUT2D eigenvalue weighted by molar-refractivity contribution is -0.127. The molecular formula is C32H42O4Si. The minimum Gasteiger partial charge on any atom is -0.407 e. The van der Waals surface area contributed by atoms with E-state index in [1.807, 2.05) is 56.3 Å². The van der Waals surface area contributed by atoms with Crippen molar-refractivity contribution in [2.45, 2.75) is 58.8 Å². The van der Waals surface area contributed by atoms with Gasteiger partial charge in [0, 0.05) is 24.9 Å². The smallest absolute Gasteiger partial charge is 0.261 e. The zero-order valence-electron chi connectivity index (χ0n) is 22.9. The van der Waals surface area contributed by atoms with Gasteiger partial charge in [-0.15, -0.1) is 0 Å². The van der Waals surface area contributed by atoms with E-state index in [2.05, 4.69) is 69.3 Å². The van der Waals surface area contributed by atoms with Gasteiger partial charge in [0.1, 0.15) is 5.78 Å². The maximum atomic E-state index is 12.8. The first-order valence-electron chi connectivity index (χ1n) is 13.2. The summed E-state index contributed by atoms with van der Waals surface area (Å²) in [6.07, 6.45) is -0.677. The second-order valence-corrected chi connectivity index (χ2v) is 15.4. The number of carbonyl (C=O) groups is 1. The highest BCUT2D eigenvalue weighted by Crippen LogP contribution is 2.37. The molecule has 3 aromatic carbocycles. The molecule has 1 N–H and O–H groups in total. The summed E-state index contributed by atoms with van der Waals surface area (Å²) >= 11 is 0. The predicted molar refractivity (Wildman–Crippen MR) is 154 cm³/mol. The van der Waals surface area contributed by atoms with Crippen molar-refractivity contribution in [3.63, 3.8) is 0 Å². The summed E-state index contributed by atoms with van der Waals surface area (Å²) in [5, 5.41) is 13.2. The average molecular weight is 519 g/mol. The molecule has 3 rings (SSSR count). The van der Waals surface area contributed by atoms with E-state index in [1.165, 1.54) is 10.4 Å². The van der Waals surface area contributed by atoms with Crippen LogP contribution in [-0.4, -0.2) is 38.5 Å². The molecule has 198 valence electrons. The number of ketones is 1. The first-order valence-corrected chi connectivity index (χ1v) is 15.1. The lowest BCUT2D eigenvalue weighted by atomic mass is 9.95. The fourth-order valence-electron chi connectivity index (χ4n) is 4.76. The largest absolute Gasteiger partial charge is 0.407 e. The van der Waals surface area contributed by atoms with Gasteiger partial charge in [0.05, 0.1) is 19.3 Å². The summed E-state index contributed by atoms with van der Waals surface area (Å²) in [6, 6.07) is 30.9. The Bertz CT molecular complexity index is 1040. The average Bonchev–Trinajstić information content (AvgIpc) is 2.89. The number of hydrogen-bond donors (Lipinski definition) is 1. The molecule has 0 heterocycles. The molecule has 0 bridgehead atoms. The van der Waals surface area contributed by atoms with Gasteiger partial charge in [0.15, 0.2) is 0 Å². The maximum Gasteiger partial charge on any atom is 0.261 e. The molecule has 0 aliphatic heterocycles. The second-order valence-electron chi connectivity index (χ2n) is 11.1. The van der Waals surface area contributed by atoms with Crippen LogP contribution in [0.25, 0.3) is 0 Å². The van der Waals surface area contributed by atoms with Crippen molar-refractivity contribution in [1.29, 1.82) is 0 Å². The molecule has 0 saturated carbocycles. The Kier molecular flexibility index (Phi) is 10.4. The molecule has 3 aromatic rings. The van der Waals surface area contributed by atoms with E-state index in [0.29, 0.717) is 19.8 Å². The Morgan fingerprint density at radius 2 is 1.30 bits per heavy atom. The molecule has 0 saturated heterocycles. The normalized spacial score (nSPS) is 14.6. The number of benzene rings is 3. The monoisotopic (exact) mass is 518 g/mol. The third-order valence-corrected chi connectivity index (χ3v) is 12.1. The fourth-order valence-corrected chi connectivity index (χ4v) is 9.43. The highest BCUT2D eigenvalue weighted by Gasteiger charge is 2.50. The number of ether oxygens (including phenoxy) is 1. The van der Waals surface area contributed by atoms with Gasteiger partial charge in [-0.2, -0.15) is 0 Å². The number of aliphatic hydroxyl groups is 1. The van der Waals surface area contributed by atoms with Gasteiger partial charge in [-0.3, -0.25) is 4.79 Å². The first kappa shape index (κ1) is 29.0. The summed E-state index contributed by atoms with van der Waals surface area (Å²) in [5.41, 5.74) is 1.08. The van der Waals surface area contributed by atoms with Gasteiger partial charge in [-0.1, -0.05) is 126 Å². The van der Waals surface area contributed by atoms with E-state index in [1.54, 1.807) is 0 Å². The molecular weight excluding hydrogens is 476 g/mol. The van der Waals surface area contributed by atoms with E-state index in [-0.39, 0.29) is 29.1 Å². The molecule has 0 aliphatic carbocycles. The molecule has 0 amide bonds. The van der Waals surface area contributed by atoms with Gasteiger partial charge < -0.3 is 14.3 Å². The van der Waals surface area contributed by atoms with Crippen molar-refractivity contribution in [3.8, 4) is 0 Å². The zero-order valence-corrected chi connectivity index (χ0v) is 23.9. The van der Waals surface area contributed by atoms with Crippen LogP contribution >= 0.6 is 0 Å². The third kappa shape index (κ3) is 7.48. The lowest BCUT2D eigenvalue weighted by Crippen LogP contribution is -2.67. The van der Waals surface area contributed by atoms with Crippen LogP contribution in [0.15, 0.2) is 91.0 Å². The lowest BCUT2D eigenvalue weighted by Gasteiger charge is -2.43. The molecule has 0 aromatic heterocycles. The molecule has 4 nitrogen and oxygen atoms in total. The minimum absolute atomic E-state index is 0.0119. The minimum atomic E-state index is -2.69. The molecule has 0 fully saturated rings. The van der Waals surface area contributed by atoms with Crippen molar-refractivity contribution in [3.05, 3.63) is 96.6 Å². The quantitative estimate of drug-likeness (QED) is 0.309. The van der Waals surface area contributed by atoms with E-state index in [0.717, 1.165) is 5.56 Å². The Hall–Kier alpha value is -2.57. The predicted octanol–water partition coefficient (Wildman–Crippen LogP) is 5.37. The Labute approximate surface area is 223 Å². The van der Waals surface area contributed by atoms with E-state index < -0.39 is 14.4 Å². The molecule has 0 spiro atoms. The van der Waals surface area contributed by atoms with E-state index in [4.69, 9.17) is 9.16 Å². The molecule has 37 heavy (non-hydrogen) atoms. The van der Waals surface area contributed by atoms with Crippen LogP contribution in [0.4, 0.5) is 0 Å². The van der Waals surface area contributed by atoms with Crippen molar-refractivity contribution in [2.24, 2.45) is 11.8 Å². The molecule has 0 radical (unpaired) electrons. The van der Waals surface area contributed by atoms with Crippen molar-refractivity contribution >= 4 is 24.5 Å². The molecule has 0 unspecified atom stereocenters. The highest BCUT2D eigenvalue weighted by atomic mass is 28.4. The number of Topliss-reactive ketones (excluding diaryl/α,β-unsaturated/α-hetero) is 1. The van der Waals surface area contributed by atoms with Crippen molar-refractivity contribution < 1.29 is 19.1 Å². The SMILES string of the molecule is C[C@@H](COCc1ccccc1)C(=O)C[C@@H](O)[C@@H](C)CO[Si](c1ccccc1)(c1ccccc1)C(C)(C)C. The molecule has 3 atom stereocenters. The van der Waals surface area contributed by atoms with Gasteiger partial charge in [-0.25, -0.2) is 0 Å². The summed E-state index contributed by atoms with van der Waals surface area (Å²) in [6.45, 7) is 11.7. The fraction of sp³-hybridized carbons (Fsp3) is 0.406. The number of rotatable bonds is 13. The Morgan fingerprint density at radius 3 is 1.78 bits per heavy atom. The second kappa shape index (κ2) is 13.3. The third-order valence-electron chi connectivity index (χ3n) is 7.08. The highest BCUT2D eigenvalue weighted by molar-refractivity contribution is 6.99. The van der Waals surface area contributed by atoms with E-state index >= 15 is 0 Å². The van der Waals surface area contributed by atoms with Crippen molar-refractivity contribution in [2.75, 3.05) is 13.2 Å². The number of aliphatic hydroxyl groups excluding tert-OH is 1. The van der Waals surface area contributed by atoms with Crippen molar-refractivity contribution in [1.82, 2.24) is 0 Å². The Morgan fingerprint density at radius 1 is 0.811 bits per heavy atom. The summed E-state index contributed by atoms with van der Waals surface area (Å²) in [4.78, 5) is 12.8. The first-order chi connectivity index (χ1) is 17.6. The van der Waals surface area contributed by atoms with E-state index in [9.17, 15) is 9.90 Å². The zero-order chi connectivity index (χ0) is 26.9. The summed E-state index contributed by atoms with van der Waals surface area (Å²) in [7, 11) is -2.69.